The molecule has 0 saturated carbocycles. The Morgan fingerprint density at radius 1 is 1.38 bits per heavy atom. The molecule has 2 rings (SSSR count). The van der Waals surface area contributed by atoms with Gasteiger partial charge in [0.2, 0.25) is 0 Å². The maximum absolute atomic E-state index is 13.7. The van der Waals surface area contributed by atoms with Crippen molar-refractivity contribution < 1.29 is 14.2 Å². The highest BCUT2D eigenvalue weighted by molar-refractivity contribution is 5.40. The Hall–Kier alpha value is -2.32. The number of halogens is 1. The summed E-state index contributed by atoms with van der Waals surface area (Å²) in [6.45, 7) is 2.02. The molecule has 0 radical (unpaired) electrons. The number of aliphatic hydroxyl groups is 1. The van der Waals surface area contributed by atoms with Crippen LogP contribution in [0.2, 0.25) is 0 Å². The summed E-state index contributed by atoms with van der Waals surface area (Å²) < 4.78 is 21.0. The third-order valence-corrected chi connectivity index (χ3v) is 3.01. The van der Waals surface area contributed by atoms with Gasteiger partial charge in [-0.05, 0) is 30.7 Å². The van der Waals surface area contributed by atoms with Gasteiger partial charge in [0.15, 0.2) is 11.6 Å². The molecule has 1 heterocycles. The molecule has 2 aromatic rings. The average molecular weight is 288 g/mol. The number of hydrogen-bond acceptors (Lipinski definition) is 3. The Morgan fingerprint density at radius 3 is 2.86 bits per heavy atom. The van der Waals surface area contributed by atoms with E-state index < -0.39 is 5.82 Å². The third kappa shape index (κ3) is 3.83. The fraction of sp³-hybridized carbons (Fsp3) is 0.312. The minimum Gasteiger partial charge on any atom is -0.484 e. The van der Waals surface area contributed by atoms with E-state index in [0.29, 0.717) is 5.56 Å². The van der Waals surface area contributed by atoms with Gasteiger partial charge in [0.25, 0.3) is 0 Å². The van der Waals surface area contributed by atoms with Crippen LogP contribution in [0.25, 0.3) is 0 Å². The summed E-state index contributed by atoms with van der Waals surface area (Å²) in [5.74, 6) is 4.93. The van der Waals surface area contributed by atoms with Crippen molar-refractivity contribution in [3.8, 4) is 17.6 Å². The van der Waals surface area contributed by atoms with E-state index >= 15 is 0 Å². The Morgan fingerprint density at radius 2 is 2.19 bits per heavy atom. The average Bonchev–Trinajstić information content (AvgIpc) is 2.85. The van der Waals surface area contributed by atoms with Crippen LogP contribution < -0.4 is 4.74 Å². The van der Waals surface area contributed by atoms with E-state index in [-0.39, 0.29) is 19.0 Å². The molecule has 0 saturated heterocycles. The number of aliphatic hydroxyl groups excluding tert-OH is 1. The van der Waals surface area contributed by atoms with Crippen molar-refractivity contribution in [1.82, 2.24) is 9.78 Å². The van der Waals surface area contributed by atoms with Crippen molar-refractivity contribution in [1.29, 1.82) is 0 Å². The topological polar surface area (TPSA) is 47.3 Å². The van der Waals surface area contributed by atoms with Crippen LogP contribution in [0.3, 0.4) is 0 Å². The lowest BCUT2D eigenvalue weighted by molar-refractivity contribution is 0.280. The molecule has 1 N–H and O–H groups in total. The molecule has 0 atom stereocenters. The molecule has 4 nitrogen and oxygen atoms in total. The second-order valence-electron chi connectivity index (χ2n) is 4.50. The zero-order valence-electron chi connectivity index (χ0n) is 12.1. The van der Waals surface area contributed by atoms with Gasteiger partial charge in [-0.25, -0.2) is 4.39 Å². The predicted octanol–water partition coefficient (Wildman–Crippen LogP) is 2.04. The number of nitrogens with zero attached hydrogens (tertiary/aromatic N) is 2. The molecule has 0 aliphatic rings. The number of ether oxygens (including phenoxy) is 1. The standard InChI is InChI=1S/C16H17FN2O2/c1-3-13-10-14(19(2)18-13)11-21-16-9-12(5-4-8-20)6-7-15(16)17/h6-7,9-10,20H,3,8,11H2,1-2H3. The summed E-state index contributed by atoms with van der Waals surface area (Å²) in [6, 6.07) is 6.31. The predicted molar refractivity (Wildman–Crippen MR) is 77.3 cm³/mol. The van der Waals surface area contributed by atoms with E-state index in [2.05, 4.69) is 16.9 Å². The Balaban J connectivity index is 2.13. The lowest BCUT2D eigenvalue weighted by Gasteiger charge is -2.07. The minimum absolute atomic E-state index is 0.138. The molecule has 0 aliphatic heterocycles. The van der Waals surface area contributed by atoms with Gasteiger partial charge < -0.3 is 9.84 Å². The van der Waals surface area contributed by atoms with E-state index in [9.17, 15) is 4.39 Å². The van der Waals surface area contributed by atoms with Gasteiger partial charge in [-0.15, -0.1) is 0 Å². The largest absolute Gasteiger partial charge is 0.484 e. The van der Waals surface area contributed by atoms with Gasteiger partial charge in [-0.2, -0.15) is 5.10 Å². The molecule has 0 spiro atoms. The van der Waals surface area contributed by atoms with Gasteiger partial charge in [0, 0.05) is 12.6 Å². The molecule has 0 aliphatic carbocycles. The molecule has 0 amide bonds. The number of aromatic nitrogens is 2. The Labute approximate surface area is 123 Å². The van der Waals surface area contributed by atoms with E-state index in [0.717, 1.165) is 17.8 Å². The monoisotopic (exact) mass is 288 g/mol. The zero-order chi connectivity index (χ0) is 15.2. The van der Waals surface area contributed by atoms with E-state index in [1.807, 2.05) is 20.0 Å². The van der Waals surface area contributed by atoms with Gasteiger partial charge in [0.05, 0.1) is 11.4 Å². The van der Waals surface area contributed by atoms with E-state index in [1.54, 1.807) is 10.7 Å². The summed E-state index contributed by atoms with van der Waals surface area (Å²) in [4.78, 5) is 0. The lowest BCUT2D eigenvalue weighted by atomic mass is 10.2. The number of rotatable bonds is 4. The highest BCUT2D eigenvalue weighted by Crippen LogP contribution is 2.20. The molecule has 1 aromatic heterocycles. The molecule has 5 heteroatoms. The van der Waals surface area contributed by atoms with E-state index in [1.165, 1.54) is 12.1 Å². The summed E-state index contributed by atoms with van der Waals surface area (Å²) in [5, 5.41) is 13.0. The van der Waals surface area contributed by atoms with Crippen LogP contribution in [-0.4, -0.2) is 21.5 Å². The van der Waals surface area contributed by atoms with Crippen LogP contribution in [0.1, 0.15) is 23.9 Å². The summed E-state index contributed by atoms with van der Waals surface area (Å²) in [6.07, 6.45) is 0.842. The van der Waals surface area contributed by atoms with E-state index in [4.69, 9.17) is 9.84 Å². The second-order valence-corrected chi connectivity index (χ2v) is 4.50. The third-order valence-electron chi connectivity index (χ3n) is 3.01. The molecule has 0 fully saturated rings. The molecule has 21 heavy (non-hydrogen) atoms. The van der Waals surface area contributed by atoms with Crippen molar-refractivity contribution in [3.63, 3.8) is 0 Å². The van der Waals surface area contributed by atoms with Crippen LogP contribution in [0.4, 0.5) is 4.39 Å². The maximum Gasteiger partial charge on any atom is 0.165 e. The van der Waals surface area contributed by atoms with Gasteiger partial charge >= 0.3 is 0 Å². The summed E-state index contributed by atoms with van der Waals surface area (Å²) in [7, 11) is 1.83. The number of benzene rings is 1. The fourth-order valence-electron chi connectivity index (χ4n) is 1.86. The first-order valence-electron chi connectivity index (χ1n) is 6.68. The molecular weight excluding hydrogens is 271 g/mol. The zero-order valence-corrected chi connectivity index (χ0v) is 12.1. The lowest BCUT2D eigenvalue weighted by Crippen LogP contribution is -2.04. The first-order chi connectivity index (χ1) is 10.1. The van der Waals surface area contributed by atoms with Gasteiger partial charge in [-0.1, -0.05) is 18.8 Å². The van der Waals surface area contributed by atoms with Gasteiger partial charge in [-0.3, -0.25) is 4.68 Å². The number of hydrogen-bond donors (Lipinski definition) is 1. The quantitative estimate of drug-likeness (QED) is 0.876. The number of aryl methyl sites for hydroxylation is 2. The molecular formula is C16H17FN2O2. The highest BCUT2D eigenvalue weighted by Gasteiger charge is 2.08. The van der Waals surface area contributed by atoms with Crippen LogP contribution in [0.5, 0.6) is 5.75 Å². The Kier molecular flexibility index (Phi) is 4.96. The van der Waals surface area contributed by atoms with Gasteiger partial charge in [0.1, 0.15) is 13.2 Å². The Bertz CT molecular complexity index is 683. The second kappa shape index (κ2) is 6.91. The van der Waals surface area contributed by atoms with Crippen molar-refractivity contribution in [2.24, 2.45) is 7.05 Å². The minimum atomic E-state index is -0.442. The molecule has 1 aromatic carbocycles. The summed E-state index contributed by atoms with van der Waals surface area (Å²) in [5.41, 5.74) is 2.44. The first kappa shape index (κ1) is 15.1. The van der Waals surface area contributed by atoms with Crippen LogP contribution >= 0.6 is 0 Å². The highest BCUT2D eigenvalue weighted by atomic mass is 19.1. The van der Waals surface area contributed by atoms with Crippen molar-refractivity contribution in [2.75, 3.05) is 6.61 Å². The van der Waals surface area contributed by atoms with Crippen molar-refractivity contribution >= 4 is 0 Å². The van der Waals surface area contributed by atoms with Crippen LogP contribution in [0.15, 0.2) is 24.3 Å². The fourth-order valence-corrected chi connectivity index (χ4v) is 1.86. The molecule has 0 unspecified atom stereocenters. The normalized spacial score (nSPS) is 10.1. The first-order valence-corrected chi connectivity index (χ1v) is 6.68. The van der Waals surface area contributed by atoms with Crippen LogP contribution in [-0.2, 0) is 20.1 Å². The SMILES string of the molecule is CCc1cc(COc2cc(C#CCO)ccc2F)n(C)n1. The van der Waals surface area contributed by atoms with Crippen molar-refractivity contribution in [2.45, 2.75) is 20.0 Å². The smallest absolute Gasteiger partial charge is 0.165 e. The van der Waals surface area contributed by atoms with Crippen LogP contribution in [0, 0.1) is 17.7 Å². The molecule has 110 valence electrons. The van der Waals surface area contributed by atoms with Crippen molar-refractivity contribution in [3.05, 3.63) is 47.0 Å². The molecule has 0 bridgehead atoms. The maximum atomic E-state index is 13.7. The summed E-state index contributed by atoms with van der Waals surface area (Å²) >= 11 is 0.